The summed E-state index contributed by atoms with van der Waals surface area (Å²) < 4.78 is 32.5. The molecule has 0 heterocycles. The normalized spacial score (nSPS) is 11.1. The highest BCUT2D eigenvalue weighted by Gasteiger charge is 2.23. The summed E-state index contributed by atoms with van der Waals surface area (Å²) in [6.45, 7) is 5.73. The van der Waals surface area contributed by atoms with Crippen molar-refractivity contribution in [2.75, 3.05) is 23.8 Å². The van der Waals surface area contributed by atoms with Crippen molar-refractivity contribution < 1.29 is 17.9 Å². The Morgan fingerprint density at radius 1 is 0.903 bits per heavy atom. The molecule has 0 aliphatic rings. The maximum atomic E-state index is 13.1. The second-order valence-corrected chi connectivity index (χ2v) is 9.39. The Morgan fingerprint density at radius 2 is 1.58 bits per heavy atom. The molecule has 0 aromatic heterocycles. The monoisotopic (exact) mass is 438 g/mol. The van der Waals surface area contributed by atoms with Gasteiger partial charge < -0.3 is 10.1 Å². The van der Waals surface area contributed by atoms with Crippen LogP contribution in [-0.2, 0) is 10.0 Å². The molecule has 1 amide bonds. The van der Waals surface area contributed by atoms with Crippen molar-refractivity contribution in [1.82, 2.24) is 0 Å². The minimum absolute atomic E-state index is 0.139. The first-order chi connectivity index (χ1) is 14.6. The van der Waals surface area contributed by atoms with E-state index in [0.29, 0.717) is 17.0 Å². The van der Waals surface area contributed by atoms with E-state index in [-0.39, 0.29) is 10.8 Å². The molecule has 6 nitrogen and oxygen atoms in total. The van der Waals surface area contributed by atoms with Gasteiger partial charge in [0.05, 0.1) is 17.7 Å². The predicted molar refractivity (Wildman–Crippen MR) is 124 cm³/mol. The molecule has 0 atom stereocenters. The molecule has 0 radical (unpaired) electrons. The molecule has 0 aliphatic heterocycles. The molecule has 0 saturated heterocycles. The van der Waals surface area contributed by atoms with Crippen LogP contribution in [0.5, 0.6) is 5.75 Å². The molecule has 1 N–H and O–H groups in total. The lowest BCUT2D eigenvalue weighted by atomic mass is 10.1. The first-order valence-electron chi connectivity index (χ1n) is 9.75. The van der Waals surface area contributed by atoms with E-state index in [2.05, 4.69) is 5.32 Å². The molecule has 3 rings (SSSR count). The average Bonchev–Trinajstić information content (AvgIpc) is 2.75. The quantitative estimate of drug-likeness (QED) is 0.605. The van der Waals surface area contributed by atoms with Gasteiger partial charge in [0.25, 0.3) is 15.9 Å². The molecule has 0 spiro atoms. The van der Waals surface area contributed by atoms with Gasteiger partial charge >= 0.3 is 0 Å². The van der Waals surface area contributed by atoms with Gasteiger partial charge in [0.1, 0.15) is 5.75 Å². The summed E-state index contributed by atoms with van der Waals surface area (Å²) in [5, 5.41) is 2.90. The smallest absolute Gasteiger partial charge is 0.264 e. The van der Waals surface area contributed by atoms with Gasteiger partial charge in [-0.3, -0.25) is 9.10 Å². The molecule has 31 heavy (non-hydrogen) atoms. The fourth-order valence-corrected chi connectivity index (χ4v) is 4.53. The van der Waals surface area contributed by atoms with E-state index in [0.717, 1.165) is 22.4 Å². The second-order valence-electron chi connectivity index (χ2n) is 7.42. The Bertz CT molecular complexity index is 1220. The molecular formula is C24H26N2O4S. The number of nitrogens with one attached hydrogen (secondary N) is 1. The van der Waals surface area contributed by atoms with Gasteiger partial charge in [-0.25, -0.2) is 8.42 Å². The summed E-state index contributed by atoms with van der Waals surface area (Å²) in [6, 6.07) is 17.0. The number of hydrogen-bond acceptors (Lipinski definition) is 4. The number of benzene rings is 3. The summed E-state index contributed by atoms with van der Waals surface area (Å²) in [6.07, 6.45) is 0. The number of aryl methyl sites for hydroxylation is 3. The van der Waals surface area contributed by atoms with Crippen LogP contribution in [0, 0.1) is 20.8 Å². The van der Waals surface area contributed by atoms with Crippen LogP contribution in [0.3, 0.4) is 0 Å². The number of nitrogens with zero attached hydrogens (tertiary/aromatic N) is 1. The van der Waals surface area contributed by atoms with Crippen molar-refractivity contribution in [2.24, 2.45) is 0 Å². The number of anilines is 2. The van der Waals surface area contributed by atoms with Crippen molar-refractivity contribution in [3.05, 3.63) is 82.9 Å². The van der Waals surface area contributed by atoms with E-state index in [9.17, 15) is 13.2 Å². The van der Waals surface area contributed by atoms with Crippen LogP contribution in [0.25, 0.3) is 0 Å². The summed E-state index contributed by atoms with van der Waals surface area (Å²) in [5.41, 5.74) is 4.33. The number of carbonyl (C=O) groups is 1. The first kappa shape index (κ1) is 22.4. The number of amides is 1. The summed E-state index contributed by atoms with van der Waals surface area (Å²) in [7, 11) is -0.805. The van der Waals surface area contributed by atoms with Crippen molar-refractivity contribution in [1.29, 1.82) is 0 Å². The van der Waals surface area contributed by atoms with Gasteiger partial charge in [0, 0.05) is 18.3 Å². The Kier molecular flexibility index (Phi) is 6.36. The van der Waals surface area contributed by atoms with Crippen LogP contribution in [0.1, 0.15) is 27.0 Å². The lowest BCUT2D eigenvalue weighted by molar-refractivity contribution is 0.102. The first-order valence-corrected chi connectivity index (χ1v) is 11.2. The Labute approximate surface area is 183 Å². The second kappa shape index (κ2) is 8.81. The molecule has 3 aromatic carbocycles. The zero-order valence-electron chi connectivity index (χ0n) is 18.3. The summed E-state index contributed by atoms with van der Waals surface area (Å²) in [5.74, 6) is 0.270. The van der Waals surface area contributed by atoms with E-state index in [1.54, 1.807) is 37.3 Å². The standard InChI is InChI=1S/C24H26N2O4S/c1-16-6-13-22(18(3)14-16)25-24(27)19-8-7-17(2)23(15-19)26(4)31(28,29)21-11-9-20(30-5)10-12-21/h6-15H,1-5H3,(H,25,27). The number of carbonyl (C=O) groups excluding carboxylic acids is 1. The average molecular weight is 439 g/mol. The molecule has 7 heteroatoms. The fourth-order valence-electron chi connectivity index (χ4n) is 3.27. The van der Waals surface area contributed by atoms with Crippen molar-refractivity contribution in [3.63, 3.8) is 0 Å². The van der Waals surface area contributed by atoms with Crippen LogP contribution >= 0.6 is 0 Å². The lowest BCUT2D eigenvalue weighted by Crippen LogP contribution is -2.27. The number of rotatable bonds is 6. The van der Waals surface area contributed by atoms with Crippen LogP contribution in [0.2, 0.25) is 0 Å². The van der Waals surface area contributed by atoms with Crippen molar-refractivity contribution in [2.45, 2.75) is 25.7 Å². The summed E-state index contributed by atoms with van der Waals surface area (Å²) in [4.78, 5) is 13.0. The molecule has 3 aromatic rings. The van der Waals surface area contributed by atoms with Gasteiger partial charge in [0.2, 0.25) is 0 Å². The number of ether oxygens (including phenoxy) is 1. The van der Waals surface area contributed by atoms with E-state index in [1.165, 1.54) is 30.6 Å². The maximum absolute atomic E-state index is 13.1. The third-order valence-electron chi connectivity index (χ3n) is 5.16. The summed E-state index contributed by atoms with van der Waals surface area (Å²) >= 11 is 0. The van der Waals surface area contributed by atoms with E-state index in [1.807, 2.05) is 32.0 Å². The largest absolute Gasteiger partial charge is 0.497 e. The highest BCUT2D eigenvalue weighted by atomic mass is 32.2. The minimum Gasteiger partial charge on any atom is -0.497 e. The van der Waals surface area contributed by atoms with Gasteiger partial charge in [-0.15, -0.1) is 0 Å². The number of sulfonamides is 1. The predicted octanol–water partition coefficient (Wildman–Crippen LogP) is 4.70. The van der Waals surface area contributed by atoms with Crippen LogP contribution < -0.4 is 14.4 Å². The SMILES string of the molecule is COc1ccc(S(=O)(=O)N(C)c2cc(C(=O)Nc3ccc(C)cc3C)ccc2C)cc1. The van der Waals surface area contributed by atoms with E-state index >= 15 is 0 Å². The number of hydrogen-bond donors (Lipinski definition) is 1. The van der Waals surface area contributed by atoms with Crippen molar-refractivity contribution in [3.8, 4) is 5.75 Å². The van der Waals surface area contributed by atoms with Crippen LogP contribution in [0.4, 0.5) is 11.4 Å². The van der Waals surface area contributed by atoms with Gasteiger partial charge in [-0.2, -0.15) is 0 Å². The van der Waals surface area contributed by atoms with Crippen molar-refractivity contribution >= 4 is 27.3 Å². The highest BCUT2D eigenvalue weighted by Crippen LogP contribution is 2.28. The Balaban J connectivity index is 1.91. The topological polar surface area (TPSA) is 75.7 Å². The minimum atomic E-state index is -3.81. The van der Waals surface area contributed by atoms with Gasteiger partial charge in [0.15, 0.2) is 0 Å². The Hall–Kier alpha value is -3.32. The van der Waals surface area contributed by atoms with Crippen LogP contribution in [-0.4, -0.2) is 28.5 Å². The van der Waals surface area contributed by atoms with Crippen LogP contribution in [0.15, 0.2) is 65.6 Å². The molecule has 162 valence electrons. The molecule has 0 aliphatic carbocycles. The van der Waals surface area contributed by atoms with Gasteiger partial charge in [-0.1, -0.05) is 23.8 Å². The lowest BCUT2D eigenvalue weighted by Gasteiger charge is -2.22. The highest BCUT2D eigenvalue weighted by molar-refractivity contribution is 7.92. The Morgan fingerprint density at radius 3 is 2.19 bits per heavy atom. The zero-order valence-corrected chi connectivity index (χ0v) is 19.1. The maximum Gasteiger partial charge on any atom is 0.264 e. The third kappa shape index (κ3) is 4.72. The zero-order chi connectivity index (χ0) is 22.8. The molecule has 0 fully saturated rings. The molecule has 0 unspecified atom stereocenters. The fraction of sp³-hybridized carbons (Fsp3) is 0.208. The molecule has 0 saturated carbocycles. The molecular weight excluding hydrogens is 412 g/mol. The van der Waals surface area contributed by atoms with E-state index < -0.39 is 10.0 Å². The number of methoxy groups -OCH3 is 1. The van der Waals surface area contributed by atoms with E-state index in [4.69, 9.17) is 4.74 Å². The third-order valence-corrected chi connectivity index (χ3v) is 6.94. The molecule has 0 bridgehead atoms. The van der Waals surface area contributed by atoms with Gasteiger partial charge in [-0.05, 0) is 74.4 Å².